The molecule has 5 rings (SSSR count). The summed E-state index contributed by atoms with van der Waals surface area (Å²) in [7, 11) is 0. The summed E-state index contributed by atoms with van der Waals surface area (Å²) in [6.07, 6.45) is 4.79. The van der Waals surface area contributed by atoms with E-state index in [9.17, 15) is 4.39 Å². The summed E-state index contributed by atoms with van der Waals surface area (Å²) in [6, 6.07) is 8.61. The number of anilines is 1. The molecule has 0 radical (unpaired) electrons. The SMILES string of the molecule is Fc1ccc(-c2nc3sccn3c2-c2ccnc(N[C@@H]3CCNC3)n2)cc1. The van der Waals surface area contributed by atoms with Gasteiger partial charge >= 0.3 is 0 Å². The van der Waals surface area contributed by atoms with Crippen LogP contribution in [0.2, 0.25) is 0 Å². The third-order valence-corrected chi connectivity index (χ3v) is 5.43. The molecule has 4 aromatic rings. The third-order valence-electron chi connectivity index (χ3n) is 4.67. The average Bonchev–Trinajstić information content (AvgIpc) is 3.39. The minimum atomic E-state index is -0.264. The van der Waals surface area contributed by atoms with Crippen LogP contribution in [0, 0.1) is 5.82 Å². The van der Waals surface area contributed by atoms with E-state index in [1.807, 2.05) is 22.0 Å². The number of hydrogen-bond donors (Lipinski definition) is 2. The van der Waals surface area contributed by atoms with Crippen molar-refractivity contribution in [1.82, 2.24) is 24.7 Å². The highest BCUT2D eigenvalue weighted by molar-refractivity contribution is 7.15. The Kier molecular flexibility index (Phi) is 4.06. The van der Waals surface area contributed by atoms with Gasteiger partial charge in [-0.3, -0.25) is 4.40 Å². The first kappa shape index (κ1) is 16.3. The molecule has 0 spiro atoms. The quantitative estimate of drug-likeness (QED) is 0.568. The maximum atomic E-state index is 13.4. The number of nitrogens with zero attached hydrogens (tertiary/aromatic N) is 4. The number of benzene rings is 1. The Bertz CT molecular complexity index is 1080. The molecule has 0 bridgehead atoms. The van der Waals surface area contributed by atoms with Gasteiger partial charge in [0.25, 0.3) is 0 Å². The summed E-state index contributed by atoms with van der Waals surface area (Å²) in [5.41, 5.74) is 3.31. The van der Waals surface area contributed by atoms with E-state index in [0.717, 1.165) is 47.1 Å². The van der Waals surface area contributed by atoms with Crippen molar-refractivity contribution in [2.75, 3.05) is 18.4 Å². The molecule has 136 valence electrons. The monoisotopic (exact) mass is 380 g/mol. The van der Waals surface area contributed by atoms with Crippen LogP contribution in [0.25, 0.3) is 27.6 Å². The third kappa shape index (κ3) is 3.07. The van der Waals surface area contributed by atoms with Gasteiger partial charge in [0.1, 0.15) is 11.5 Å². The second kappa shape index (κ2) is 6.71. The van der Waals surface area contributed by atoms with Crippen LogP contribution >= 0.6 is 11.3 Å². The van der Waals surface area contributed by atoms with Gasteiger partial charge in [-0.05, 0) is 43.3 Å². The normalized spacial score (nSPS) is 16.9. The lowest BCUT2D eigenvalue weighted by Crippen LogP contribution is -2.23. The molecule has 1 aliphatic heterocycles. The van der Waals surface area contributed by atoms with Crippen molar-refractivity contribution in [2.45, 2.75) is 12.5 Å². The van der Waals surface area contributed by atoms with E-state index in [1.54, 1.807) is 29.7 Å². The Balaban J connectivity index is 1.60. The summed E-state index contributed by atoms with van der Waals surface area (Å²) in [6.45, 7) is 1.92. The predicted octanol–water partition coefficient (Wildman–Crippen LogP) is 3.43. The van der Waals surface area contributed by atoms with Gasteiger partial charge < -0.3 is 10.6 Å². The molecule has 27 heavy (non-hydrogen) atoms. The van der Waals surface area contributed by atoms with E-state index >= 15 is 0 Å². The van der Waals surface area contributed by atoms with Crippen molar-refractivity contribution < 1.29 is 4.39 Å². The number of halogens is 1. The van der Waals surface area contributed by atoms with Crippen LogP contribution in [0.5, 0.6) is 0 Å². The molecular formula is C19H17FN6S. The number of thiazole rings is 1. The molecule has 0 amide bonds. The van der Waals surface area contributed by atoms with Crippen LogP contribution in [0.3, 0.4) is 0 Å². The number of fused-ring (bicyclic) bond motifs is 1. The smallest absolute Gasteiger partial charge is 0.223 e. The predicted molar refractivity (Wildman–Crippen MR) is 104 cm³/mol. The first-order valence-corrected chi connectivity index (χ1v) is 9.68. The Morgan fingerprint density at radius 2 is 2.07 bits per heavy atom. The zero-order valence-corrected chi connectivity index (χ0v) is 15.2. The zero-order valence-electron chi connectivity index (χ0n) is 14.4. The zero-order chi connectivity index (χ0) is 18.2. The number of hydrogen-bond acceptors (Lipinski definition) is 6. The molecule has 3 aromatic heterocycles. The molecule has 6 nitrogen and oxygen atoms in total. The fourth-order valence-corrected chi connectivity index (χ4v) is 4.07. The Hall–Kier alpha value is -2.84. The van der Waals surface area contributed by atoms with E-state index in [1.165, 1.54) is 12.1 Å². The molecular weight excluding hydrogens is 363 g/mol. The van der Waals surface area contributed by atoms with E-state index < -0.39 is 0 Å². The van der Waals surface area contributed by atoms with Gasteiger partial charge in [0, 0.05) is 35.9 Å². The van der Waals surface area contributed by atoms with Crippen molar-refractivity contribution in [1.29, 1.82) is 0 Å². The van der Waals surface area contributed by atoms with Gasteiger partial charge in [-0.2, -0.15) is 0 Å². The minimum absolute atomic E-state index is 0.264. The van der Waals surface area contributed by atoms with Gasteiger partial charge in [0.2, 0.25) is 5.95 Å². The Morgan fingerprint density at radius 3 is 2.89 bits per heavy atom. The van der Waals surface area contributed by atoms with E-state index in [-0.39, 0.29) is 5.82 Å². The molecule has 0 saturated carbocycles. The average molecular weight is 380 g/mol. The number of aromatic nitrogens is 4. The van der Waals surface area contributed by atoms with Crippen molar-refractivity contribution >= 4 is 22.2 Å². The molecule has 1 aromatic carbocycles. The highest BCUT2D eigenvalue weighted by Gasteiger charge is 2.20. The Morgan fingerprint density at radius 1 is 1.19 bits per heavy atom. The molecule has 1 atom stereocenters. The molecule has 2 N–H and O–H groups in total. The van der Waals surface area contributed by atoms with Crippen molar-refractivity contribution in [3.8, 4) is 22.6 Å². The first-order chi connectivity index (χ1) is 13.3. The summed E-state index contributed by atoms with van der Waals surface area (Å²) in [5, 5.41) is 8.71. The second-order valence-electron chi connectivity index (χ2n) is 6.47. The van der Waals surface area contributed by atoms with Crippen LogP contribution in [0.4, 0.5) is 10.3 Å². The number of imidazole rings is 1. The summed E-state index contributed by atoms with van der Waals surface area (Å²) in [4.78, 5) is 14.7. The summed E-state index contributed by atoms with van der Waals surface area (Å²) in [5.74, 6) is 0.344. The van der Waals surface area contributed by atoms with Crippen molar-refractivity contribution in [3.05, 3.63) is 53.9 Å². The lowest BCUT2D eigenvalue weighted by Gasteiger charge is -2.12. The maximum Gasteiger partial charge on any atom is 0.223 e. The van der Waals surface area contributed by atoms with Crippen LogP contribution < -0.4 is 10.6 Å². The summed E-state index contributed by atoms with van der Waals surface area (Å²) >= 11 is 1.56. The summed E-state index contributed by atoms with van der Waals surface area (Å²) < 4.78 is 15.4. The topological polar surface area (TPSA) is 67.1 Å². The van der Waals surface area contributed by atoms with Gasteiger partial charge in [-0.1, -0.05) is 0 Å². The number of rotatable bonds is 4. The standard InChI is InChI=1S/C19H17FN6S/c20-13-3-1-12(2-4-13)16-17(26-9-10-27-19(26)25-16)15-6-8-22-18(24-15)23-14-5-7-21-11-14/h1-4,6,8-10,14,21H,5,7,11H2,(H,22,23,24)/t14-/m1/s1. The molecule has 4 heterocycles. The van der Waals surface area contributed by atoms with Crippen molar-refractivity contribution in [2.24, 2.45) is 0 Å². The molecule has 0 aliphatic carbocycles. The van der Waals surface area contributed by atoms with Gasteiger partial charge in [-0.25, -0.2) is 19.3 Å². The fourth-order valence-electron chi connectivity index (χ4n) is 3.36. The molecule has 8 heteroatoms. The first-order valence-electron chi connectivity index (χ1n) is 8.80. The van der Waals surface area contributed by atoms with Crippen LogP contribution in [-0.2, 0) is 0 Å². The van der Waals surface area contributed by atoms with Gasteiger partial charge in [0.05, 0.1) is 11.4 Å². The second-order valence-corrected chi connectivity index (χ2v) is 7.34. The van der Waals surface area contributed by atoms with Gasteiger partial charge in [-0.15, -0.1) is 11.3 Å². The maximum absolute atomic E-state index is 13.4. The minimum Gasteiger partial charge on any atom is -0.350 e. The van der Waals surface area contributed by atoms with E-state index in [0.29, 0.717) is 12.0 Å². The fraction of sp³-hybridized carbons (Fsp3) is 0.211. The van der Waals surface area contributed by atoms with E-state index in [4.69, 9.17) is 9.97 Å². The highest BCUT2D eigenvalue weighted by Crippen LogP contribution is 2.33. The highest BCUT2D eigenvalue weighted by atomic mass is 32.1. The van der Waals surface area contributed by atoms with E-state index in [2.05, 4.69) is 15.6 Å². The molecule has 1 fully saturated rings. The van der Waals surface area contributed by atoms with Gasteiger partial charge in [0.15, 0.2) is 4.96 Å². The molecule has 1 saturated heterocycles. The largest absolute Gasteiger partial charge is 0.350 e. The van der Waals surface area contributed by atoms with Crippen LogP contribution in [0.15, 0.2) is 48.1 Å². The molecule has 1 aliphatic rings. The molecule has 0 unspecified atom stereocenters. The van der Waals surface area contributed by atoms with Crippen molar-refractivity contribution in [3.63, 3.8) is 0 Å². The van der Waals surface area contributed by atoms with Crippen LogP contribution in [0.1, 0.15) is 6.42 Å². The lowest BCUT2D eigenvalue weighted by atomic mass is 10.1. The van der Waals surface area contributed by atoms with Crippen LogP contribution in [-0.4, -0.2) is 38.5 Å². The lowest BCUT2D eigenvalue weighted by molar-refractivity contribution is 0.628. The number of nitrogens with one attached hydrogen (secondary N) is 2. The Labute approximate surface area is 159 Å².